The second-order valence-corrected chi connectivity index (χ2v) is 8.05. The van der Waals surface area contributed by atoms with Crippen molar-refractivity contribution < 1.29 is 28.9 Å². The van der Waals surface area contributed by atoms with E-state index in [0.717, 1.165) is 11.1 Å². The van der Waals surface area contributed by atoms with Crippen LogP contribution in [0.15, 0.2) is 24.3 Å². The molecule has 2 atom stereocenters. The molecule has 0 fully saturated rings. The van der Waals surface area contributed by atoms with Gasteiger partial charge < -0.3 is 30.4 Å². The van der Waals surface area contributed by atoms with Crippen LogP contribution >= 0.6 is 0 Å². The monoisotopic (exact) mass is 434 g/mol. The van der Waals surface area contributed by atoms with Gasteiger partial charge in [-0.3, -0.25) is 4.79 Å². The van der Waals surface area contributed by atoms with Gasteiger partial charge in [-0.15, -0.1) is 0 Å². The van der Waals surface area contributed by atoms with Crippen LogP contribution in [-0.4, -0.2) is 54.7 Å². The Balaban J connectivity index is 2.61. The molecule has 0 spiro atoms. The molecule has 4 N–H and O–H groups in total. The summed E-state index contributed by atoms with van der Waals surface area (Å²) >= 11 is 0. The van der Waals surface area contributed by atoms with Crippen LogP contribution < -0.4 is 11.1 Å². The Bertz CT molecular complexity index is 746. The van der Waals surface area contributed by atoms with Crippen LogP contribution in [0.4, 0.5) is 4.79 Å². The third kappa shape index (κ3) is 12.6. The summed E-state index contributed by atoms with van der Waals surface area (Å²) in [5.41, 5.74) is 6.42. The number of amides is 2. The standard InChI is InChI=1S/C23H34N2O6/c1-17(20(11-12-21(24)27)25-22(28)31-23(2,3)4)30-16-19-9-7-18(8-10-19)6-5-14-29-15-13-26/h7-10,17,20,26H,11-16H2,1-4H3,(H2,24,27)(H,25,28)/t17-,20+/m1/s1. The number of nitrogens with two attached hydrogens (primary N) is 1. The van der Waals surface area contributed by atoms with Crippen LogP contribution in [0, 0.1) is 11.8 Å². The van der Waals surface area contributed by atoms with Gasteiger partial charge in [-0.25, -0.2) is 4.79 Å². The molecule has 0 radical (unpaired) electrons. The number of aliphatic hydroxyl groups excluding tert-OH is 1. The minimum absolute atomic E-state index is 0.0223. The maximum Gasteiger partial charge on any atom is 0.407 e. The summed E-state index contributed by atoms with van der Waals surface area (Å²) in [6.07, 6.45) is -0.454. The second-order valence-electron chi connectivity index (χ2n) is 8.05. The van der Waals surface area contributed by atoms with E-state index in [9.17, 15) is 9.59 Å². The van der Waals surface area contributed by atoms with Gasteiger partial charge in [-0.05, 0) is 51.8 Å². The van der Waals surface area contributed by atoms with Gasteiger partial charge in [0.15, 0.2) is 0 Å². The number of alkyl carbamates (subject to hydrolysis) is 1. The van der Waals surface area contributed by atoms with E-state index in [1.54, 1.807) is 20.8 Å². The van der Waals surface area contributed by atoms with Crippen LogP contribution in [0.25, 0.3) is 0 Å². The zero-order valence-electron chi connectivity index (χ0n) is 18.8. The molecule has 0 aliphatic carbocycles. The molecule has 1 rings (SSSR count). The highest BCUT2D eigenvalue weighted by atomic mass is 16.6. The van der Waals surface area contributed by atoms with Crippen LogP contribution in [0.3, 0.4) is 0 Å². The number of carbonyl (C=O) groups is 2. The average Bonchev–Trinajstić information content (AvgIpc) is 2.68. The first-order valence-corrected chi connectivity index (χ1v) is 10.3. The summed E-state index contributed by atoms with van der Waals surface area (Å²) in [6, 6.07) is 7.15. The van der Waals surface area contributed by atoms with E-state index < -0.39 is 23.6 Å². The maximum absolute atomic E-state index is 12.1. The SMILES string of the molecule is C[C@@H](OCc1ccc(C#CCOCCO)cc1)[C@H](CCC(N)=O)NC(=O)OC(C)(C)C. The van der Waals surface area contributed by atoms with E-state index in [4.69, 9.17) is 25.1 Å². The molecule has 0 saturated carbocycles. The lowest BCUT2D eigenvalue weighted by Crippen LogP contribution is -2.45. The van der Waals surface area contributed by atoms with E-state index in [-0.39, 0.29) is 32.3 Å². The van der Waals surface area contributed by atoms with Crippen molar-refractivity contribution in [1.29, 1.82) is 0 Å². The lowest BCUT2D eigenvalue weighted by atomic mass is 10.1. The van der Waals surface area contributed by atoms with E-state index in [1.165, 1.54) is 0 Å². The minimum atomic E-state index is -0.627. The fourth-order valence-corrected chi connectivity index (χ4v) is 2.53. The number of carbonyl (C=O) groups excluding carboxylic acids is 2. The van der Waals surface area contributed by atoms with Crippen molar-refractivity contribution >= 4 is 12.0 Å². The van der Waals surface area contributed by atoms with Gasteiger partial charge in [0.05, 0.1) is 32.0 Å². The average molecular weight is 435 g/mol. The minimum Gasteiger partial charge on any atom is -0.444 e. The van der Waals surface area contributed by atoms with E-state index in [0.29, 0.717) is 13.0 Å². The highest BCUT2D eigenvalue weighted by Gasteiger charge is 2.24. The summed E-state index contributed by atoms with van der Waals surface area (Å²) in [4.78, 5) is 23.3. The fraction of sp³-hybridized carbons (Fsp3) is 0.565. The lowest BCUT2D eigenvalue weighted by Gasteiger charge is -2.27. The van der Waals surface area contributed by atoms with Crippen LogP contribution in [0.1, 0.15) is 51.7 Å². The summed E-state index contributed by atoms with van der Waals surface area (Å²) < 4.78 is 16.3. The zero-order valence-corrected chi connectivity index (χ0v) is 18.8. The molecule has 1 aromatic rings. The number of hydrogen-bond donors (Lipinski definition) is 3. The van der Waals surface area contributed by atoms with E-state index in [2.05, 4.69) is 17.2 Å². The van der Waals surface area contributed by atoms with Gasteiger partial charge in [0.2, 0.25) is 5.91 Å². The Morgan fingerprint density at radius 1 is 1.23 bits per heavy atom. The molecule has 31 heavy (non-hydrogen) atoms. The first kappa shape index (κ1) is 26.4. The Hall–Kier alpha value is -2.60. The molecule has 0 aliphatic heterocycles. The summed E-state index contributed by atoms with van der Waals surface area (Å²) in [7, 11) is 0. The number of rotatable bonds is 11. The normalized spacial score (nSPS) is 12.9. The molecule has 0 aliphatic rings. The van der Waals surface area contributed by atoms with Crippen molar-refractivity contribution in [3.05, 3.63) is 35.4 Å². The molecule has 2 amide bonds. The number of aliphatic hydroxyl groups is 1. The number of nitrogens with one attached hydrogen (secondary N) is 1. The van der Waals surface area contributed by atoms with Gasteiger partial charge >= 0.3 is 6.09 Å². The van der Waals surface area contributed by atoms with Gasteiger partial charge in [0.25, 0.3) is 0 Å². The molecule has 172 valence electrons. The van der Waals surface area contributed by atoms with Crippen molar-refractivity contribution in [1.82, 2.24) is 5.32 Å². The molecule has 0 bridgehead atoms. The Labute approximate surface area is 184 Å². The Morgan fingerprint density at radius 3 is 2.48 bits per heavy atom. The molecule has 0 saturated heterocycles. The van der Waals surface area contributed by atoms with E-state index in [1.807, 2.05) is 31.2 Å². The van der Waals surface area contributed by atoms with Gasteiger partial charge in [-0.1, -0.05) is 24.0 Å². The molecular formula is C23H34N2O6. The third-order valence-corrected chi connectivity index (χ3v) is 4.08. The second kappa shape index (κ2) is 13.7. The van der Waals surface area contributed by atoms with Crippen molar-refractivity contribution in [2.24, 2.45) is 5.73 Å². The van der Waals surface area contributed by atoms with Gasteiger partial charge in [0.1, 0.15) is 12.2 Å². The lowest BCUT2D eigenvalue weighted by molar-refractivity contribution is -0.118. The van der Waals surface area contributed by atoms with Crippen LogP contribution in [0.5, 0.6) is 0 Å². The van der Waals surface area contributed by atoms with Gasteiger partial charge in [0, 0.05) is 12.0 Å². The number of ether oxygens (including phenoxy) is 3. The summed E-state index contributed by atoms with van der Waals surface area (Å²) in [5.74, 6) is 5.41. The van der Waals surface area contributed by atoms with Crippen molar-refractivity contribution in [3.63, 3.8) is 0 Å². The first-order chi connectivity index (χ1) is 14.6. The number of hydrogen-bond acceptors (Lipinski definition) is 6. The maximum atomic E-state index is 12.1. The molecule has 1 aromatic carbocycles. The molecule has 8 nitrogen and oxygen atoms in total. The van der Waals surface area contributed by atoms with Crippen molar-refractivity contribution in [2.45, 2.75) is 64.9 Å². The molecule has 0 unspecified atom stereocenters. The largest absolute Gasteiger partial charge is 0.444 e. The zero-order chi connectivity index (χ0) is 23.3. The predicted molar refractivity (Wildman–Crippen MR) is 117 cm³/mol. The van der Waals surface area contributed by atoms with Crippen LogP contribution in [0.2, 0.25) is 0 Å². The predicted octanol–water partition coefficient (Wildman–Crippen LogP) is 2.11. The van der Waals surface area contributed by atoms with Crippen molar-refractivity contribution in [3.8, 4) is 11.8 Å². The summed E-state index contributed by atoms with van der Waals surface area (Å²) in [6.45, 7) is 8.01. The molecule has 0 aromatic heterocycles. The highest BCUT2D eigenvalue weighted by molar-refractivity contribution is 5.74. The van der Waals surface area contributed by atoms with Gasteiger partial charge in [-0.2, -0.15) is 0 Å². The number of benzene rings is 1. The third-order valence-electron chi connectivity index (χ3n) is 4.08. The highest BCUT2D eigenvalue weighted by Crippen LogP contribution is 2.13. The molecular weight excluding hydrogens is 400 g/mol. The fourth-order valence-electron chi connectivity index (χ4n) is 2.53. The number of primary amides is 1. The Morgan fingerprint density at radius 2 is 1.90 bits per heavy atom. The first-order valence-electron chi connectivity index (χ1n) is 10.3. The molecule has 8 heteroatoms. The topological polar surface area (TPSA) is 120 Å². The van der Waals surface area contributed by atoms with Crippen molar-refractivity contribution in [2.75, 3.05) is 19.8 Å². The van der Waals surface area contributed by atoms with E-state index >= 15 is 0 Å². The quantitative estimate of drug-likeness (QED) is 0.362. The smallest absolute Gasteiger partial charge is 0.407 e. The summed E-state index contributed by atoms with van der Waals surface area (Å²) in [5, 5.41) is 11.4. The van der Waals surface area contributed by atoms with Crippen LogP contribution in [-0.2, 0) is 25.6 Å². The molecule has 0 heterocycles. The Kier molecular flexibility index (Phi) is 11.6.